The molecule has 0 aliphatic carbocycles. The molecule has 1 saturated heterocycles. The summed E-state index contributed by atoms with van der Waals surface area (Å²) in [5.41, 5.74) is 0.761. The van der Waals surface area contributed by atoms with Crippen LogP contribution in [0.2, 0.25) is 0 Å². The van der Waals surface area contributed by atoms with Crippen molar-refractivity contribution in [3.63, 3.8) is 0 Å². The topological polar surface area (TPSA) is 68.3 Å². The van der Waals surface area contributed by atoms with E-state index in [9.17, 15) is 9.59 Å². The Morgan fingerprint density at radius 1 is 1.21 bits per heavy atom. The van der Waals surface area contributed by atoms with Crippen LogP contribution in [-0.2, 0) is 20.8 Å². The summed E-state index contributed by atoms with van der Waals surface area (Å²) in [7, 11) is 3.14. The van der Waals surface area contributed by atoms with Crippen LogP contribution in [0.25, 0.3) is 0 Å². The number of carbonyl (C=O) groups excluding carboxylic acids is 2. The zero-order valence-corrected chi connectivity index (χ0v) is 21.5. The minimum atomic E-state index is -0.464. The second-order valence-corrected chi connectivity index (χ2v) is 10.00. The highest BCUT2D eigenvalue weighted by Gasteiger charge is 2.27. The van der Waals surface area contributed by atoms with Gasteiger partial charge in [0.05, 0.1) is 13.7 Å². The van der Waals surface area contributed by atoms with Gasteiger partial charge in [0.2, 0.25) is 5.91 Å². The summed E-state index contributed by atoms with van der Waals surface area (Å²) in [6, 6.07) is 8.20. The minimum absolute atomic E-state index is 0.0110. The zero-order chi connectivity index (χ0) is 25.1. The Hall–Kier alpha value is -2.54. The lowest BCUT2D eigenvalue weighted by Crippen LogP contribution is -2.42. The molecule has 0 aromatic heterocycles. The normalized spacial score (nSPS) is 15.5. The van der Waals surface area contributed by atoms with E-state index >= 15 is 0 Å². The van der Waals surface area contributed by atoms with Crippen molar-refractivity contribution in [2.24, 2.45) is 11.8 Å². The first-order valence-electron chi connectivity index (χ1n) is 12.2. The van der Waals surface area contributed by atoms with E-state index < -0.39 is 5.60 Å². The molecule has 1 aromatic rings. The molecule has 0 spiro atoms. The second-order valence-electron chi connectivity index (χ2n) is 10.00. The predicted octanol–water partition coefficient (Wildman–Crippen LogP) is 5.25. The molecule has 1 heterocycles. The third-order valence-electron chi connectivity index (χ3n) is 6.08. The average molecular weight is 475 g/mol. The van der Waals surface area contributed by atoms with Crippen LogP contribution in [-0.4, -0.2) is 61.4 Å². The molecule has 0 bridgehead atoms. The molecule has 1 aliphatic rings. The molecule has 1 unspecified atom stereocenters. The number of hydrogen-bond acceptors (Lipinski definition) is 5. The maximum atomic E-state index is 12.4. The number of nitrogens with zero attached hydrogens (tertiary/aromatic N) is 2. The van der Waals surface area contributed by atoms with Crippen LogP contribution in [0.5, 0.6) is 5.75 Å². The Morgan fingerprint density at radius 2 is 1.85 bits per heavy atom. The number of amides is 2. The Morgan fingerprint density at radius 3 is 2.41 bits per heavy atom. The summed E-state index contributed by atoms with van der Waals surface area (Å²) >= 11 is 0. The number of benzene rings is 1. The predicted molar refractivity (Wildman–Crippen MR) is 133 cm³/mol. The lowest BCUT2D eigenvalue weighted by atomic mass is 9.95. The van der Waals surface area contributed by atoms with E-state index in [1.165, 1.54) is 17.7 Å². The Balaban J connectivity index is 1.71. The van der Waals surface area contributed by atoms with Gasteiger partial charge >= 0.3 is 6.09 Å². The fourth-order valence-electron chi connectivity index (χ4n) is 4.02. The number of hydroxylamine groups is 2. The van der Waals surface area contributed by atoms with Gasteiger partial charge in [0.1, 0.15) is 11.4 Å². The van der Waals surface area contributed by atoms with Crippen molar-refractivity contribution in [2.75, 3.05) is 33.9 Å². The van der Waals surface area contributed by atoms with Crippen molar-refractivity contribution in [3.05, 3.63) is 42.5 Å². The van der Waals surface area contributed by atoms with E-state index in [4.69, 9.17) is 14.3 Å². The van der Waals surface area contributed by atoms with Crippen molar-refractivity contribution in [2.45, 2.75) is 64.9 Å². The Kier molecular flexibility index (Phi) is 10.9. The van der Waals surface area contributed by atoms with E-state index in [0.29, 0.717) is 32.0 Å². The molecule has 1 atom stereocenters. The van der Waals surface area contributed by atoms with Crippen molar-refractivity contribution >= 4 is 12.0 Å². The van der Waals surface area contributed by atoms with Crippen LogP contribution in [0.15, 0.2) is 36.9 Å². The van der Waals surface area contributed by atoms with Crippen LogP contribution < -0.4 is 4.74 Å². The number of piperidine rings is 1. The maximum Gasteiger partial charge on any atom is 0.410 e. The third kappa shape index (κ3) is 9.37. The molecule has 2 rings (SSSR count). The van der Waals surface area contributed by atoms with Crippen LogP contribution in [0.1, 0.15) is 58.4 Å². The van der Waals surface area contributed by atoms with Crippen molar-refractivity contribution < 1.29 is 23.9 Å². The number of likely N-dealkylation sites (tertiary alicyclic amines) is 1. The van der Waals surface area contributed by atoms with E-state index in [2.05, 4.69) is 18.7 Å². The van der Waals surface area contributed by atoms with Crippen molar-refractivity contribution in [1.82, 2.24) is 9.96 Å². The number of carbonyl (C=O) groups is 2. The van der Waals surface area contributed by atoms with Crippen LogP contribution in [0, 0.1) is 11.8 Å². The monoisotopic (exact) mass is 474 g/mol. The first-order chi connectivity index (χ1) is 16.1. The van der Waals surface area contributed by atoms with Gasteiger partial charge in [-0.3, -0.25) is 9.63 Å². The first kappa shape index (κ1) is 27.7. The van der Waals surface area contributed by atoms with E-state index in [-0.39, 0.29) is 17.9 Å². The Labute approximate surface area is 205 Å². The largest absolute Gasteiger partial charge is 0.493 e. The Bertz CT molecular complexity index is 779. The SMILES string of the molecule is C=CCC(CCCc1ccc(OCC2CCN(C(=O)OC(C)(C)C)CC2)cc1)C(=O)N(C)OC. The molecule has 1 aromatic carbocycles. The minimum Gasteiger partial charge on any atom is -0.493 e. The van der Waals surface area contributed by atoms with E-state index in [1.54, 1.807) is 18.0 Å². The zero-order valence-electron chi connectivity index (χ0n) is 21.5. The number of ether oxygens (including phenoxy) is 2. The molecular formula is C27H42N2O5. The molecule has 7 heteroatoms. The molecule has 2 amide bonds. The lowest BCUT2D eigenvalue weighted by Gasteiger charge is -2.33. The molecule has 1 fully saturated rings. The van der Waals surface area contributed by atoms with Gasteiger partial charge in [-0.05, 0) is 82.9 Å². The first-order valence-corrected chi connectivity index (χ1v) is 12.2. The van der Waals surface area contributed by atoms with Crippen LogP contribution in [0.3, 0.4) is 0 Å². The van der Waals surface area contributed by atoms with Gasteiger partial charge < -0.3 is 14.4 Å². The second kappa shape index (κ2) is 13.4. The molecule has 1 aliphatic heterocycles. The summed E-state index contributed by atoms with van der Waals surface area (Å²) < 4.78 is 11.5. The molecule has 34 heavy (non-hydrogen) atoms. The third-order valence-corrected chi connectivity index (χ3v) is 6.08. The van der Waals surface area contributed by atoms with E-state index in [1.807, 2.05) is 32.9 Å². The fourth-order valence-corrected chi connectivity index (χ4v) is 4.02. The lowest BCUT2D eigenvalue weighted by molar-refractivity contribution is -0.173. The highest BCUT2D eigenvalue weighted by Crippen LogP contribution is 2.22. The highest BCUT2D eigenvalue weighted by molar-refractivity contribution is 5.77. The summed E-state index contributed by atoms with van der Waals surface area (Å²) in [6.07, 6.45) is 6.65. The number of aryl methyl sites for hydroxylation is 1. The molecule has 0 saturated carbocycles. The van der Waals surface area contributed by atoms with Gasteiger partial charge in [-0.2, -0.15) is 0 Å². The average Bonchev–Trinajstić information content (AvgIpc) is 2.81. The van der Waals surface area contributed by atoms with Gasteiger partial charge in [-0.15, -0.1) is 6.58 Å². The summed E-state index contributed by atoms with van der Waals surface area (Å²) in [5.74, 6) is 1.18. The summed E-state index contributed by atoms with van der Waals surface area (Å²) in [5, 5.41) is 1.29. The molecule has 190 valence electrons. The van der Waals surface area contributed by atoms with Crippen molar-refractivity contribution in [1.29, 1.82) is 0 Å². The number of rotatable bonds is 11. The number of allylic oxidation sites excluding steroid dienone is 1. The van der Waals surface area contributed by atoms with Gasteiger partial charge in [0.15, 0.2) is 0 Å². The van der Waals surface area contributed by atoms with Crippen LogP contribution in [0.4, 0.5) is 4.79 Å². The standard InChI is InChI=1S/C27H42N2O5/c1-7-9-23(25(30)28(5)32-6)11-8-10-21-12-14-24(15-13-21)33-20-22-16-18-29(19-17-22)26(31)34-27(2,3)4/h7,12-15,22-23H,1,8-11,16-20H2,2-6H3. The van der Waals surface area contributed by atoms with Gasteiger partial charge in [-0.25, -0.2) is 9.86 Å². The fraction of sp³-hybridized carbons (Fsp3) is 0.630. The number of hydrogen-bond donors (Lipinski definition) is 0. The molecule has 0 N–H and O–H groups in total. The summed E-state index contributed by atoms with van der Waals surface area (Å²) in [4.78, 5) is 31.4. The smallest absolute Gasteiger partial charge is 0.410 e. The quantitative estimate of drug-likeness (QED) is 0.324. The van der Waals surface area contributed by atoms with Gasteiger partial charge in [0, 0.05) is 26.1 Å². The highest BCUT2D eigenvalue weighted by atomic mass is 16.7. The maximum absolute atomic E-state index is 12.4. The van der Waals surface area contributed by atoms with Crippen molar-refractivity contribution in [3.8, 4) is 5.75 Å². The molecule has 0 radical (unpaired) electrons. The van der Waals surface area contributed by atoms with Crippen LogP contribution >= 0.6 is 0 Å². The molecule has 7 nitrogen and oxygen atoms in total. The summed E-state index contributed by atoms with van der Waals surface area (Å²) in [6.45, 7) is 11.5. The molecular weight excluding hydrogens is 432 g/mol. The van der Waals surface area contributed by atoms with Gasteiger partial charge in [-0.1, -0.05) is 18.2 Å². The van der Waals surface area contributed by atoms with Gasteiger partial charge in [0.25, 0.3) is 0 Å². The van der Waals surface area contributed by atoms with E-state index in [0.717, 1.165) is 37.9 Å².